The second-order valence-electron chi connectivity index (χ2n) is 8.34. The number of carbonyl (C=O) groups is 1. The molecule has 8 nitrogen and oxygen atoms in total. The van der Waals surface area contributed by atoms with Crippen molar-refractivity contribution < 1.29 is 14.3 Å². The number of benzene rings is 1. The smallest absolute Gasteiger partial charge is 0.241 e. The van der Waals surface area contributed by atoms with Crippen molar-refractivity contribution in [2.45, 2.75) is 38.9 Å². The van der Waals surface area contributed by atoms with Crippen LogP contribution in [0, 0.1) is 18.8 Å². The number of amides is 1. The molecule has 8 heteroatoms. The lowest BCUT2D eigenvalue weighted by Crippen LogP contribution is -2.37. The fourth-order valence-corrected chi connectivity index (χ4v) is 4.81. The maximum Gasteiger partial charge on any atom is 0.241 e. The van der Waals surface area contributed by atoms with E-state index in [0.717, 1.165) is 35.3 Å². The first-order valence-electron chi connectivity index (χ1n) is 10.8. The molecule has 1 saturated carbocycles. The Labute approximate surface area is 180 Å². The van der Waals surface area contributed by atoms with E-state index < -0.39 is 5.79 Å². The molecule has 2 aromatic heterocycles. The van der Waals surface area contributed by atoms with Gasteiger partial charge < -0.3 is 9.47 Å². The quantitative estimate of drug-likeness (QED) is 0.614. The SMILES string of the molecule is CCC1CC2(CC1C(=O)NNc1cnc3c(ccn3-c3ccccc3C)n1)OCCO2. The lowest BCUT2D eigenvalue weighted by Gasteiger charge is -2.21. The van der Waals surface area contributed by atoms with Crippen LogP contribution in [0.3, 0.4) is 0 Å². The molecule has 5 rings (SSSR count). The molecular weight excluding hydrogens is 394 g/mol. The van der Waals surface area contributed by atoms with Crippen molar-refractivity contribution in [1.29, 1.82) is 0 Å². The van der Waals surface area contributed by atoms with Crippen LogP contribution in [-0.2, 0) is 14.3 Å². The third-order valence-electron chi connectivity index (χ3n) is 6.43. The molecule has 2 unspecified atom stereocenters. The van der Waals surface area contributed by atoms with Crippen LogP contribution in [0.5, 0.6) is 0 Å². The number of para-hydroxylation sites is 1. The highest BCUT2D eigenvalue weighted by Gasteiger charge is 2.51. The molecule has 1 spiro atoms. The highest BCUT2D eigenvalue weighted by molar-refractivity contribution is 5.81. The summed E-state index contributed by atoms with van der Waals surface area (Å²) in [5.41, 5.74) is 9.49. The van der Waals surface area contributed by atoms with Crippen molar-refractivity contribution in [3.8, 4) is 5.69 Å². The summed E-state index contributed by atoms with van der Waals surface area (Å²) in [5.74, 6) is -0.0781. The van der Waals surface area contributed by atoms with Crippen LogP contribution in [0.15, 0.2) is 42.7 Å². The Morgan fingerprint density at radius 3 is 2.81 bits per heavy atom. The summed E-state index contributed by atoms with van der Waals surface area (Å²) in [4.78, 5) is 22.1. The van der Waals surface area contributed by atoms with Gasteiger partial charge in [-0.15, -0.1) is 0 Å². The highest BCUT2D eigenvalue weighted by atomic mass is 16.7. The fourth-order valence-electron chi connectivity index (χ4n) is 4.81. The summed E-state index contributed by atoms with van der Waals surface area (Å²) >= 11 is 0. The van der Waals surface area contributed by atoms with Crippen molar-refractivity contribution in [3.63, 3.8) is 0 Å². The number of aryl methyl sites for hydroxylation is 1. The van der Waals surface area contributed by atoms with Crippen molar-refractivity contribution in [3.05, 3.63) is 48.3 Å². The van der Waals surface area contributed by atoms with Gasteiger partial charge in [0.15, 0.2) is 17.3 Å². The Balaban J connectivity index is 1.29. The van der Waals surface area contributed by atoms with Gasteiger partial charge in [-0.25, -0.2) is 9.97 Å². The van der Waals surface area contributed by atoms with Crippen LogP contribution in [-0.4, -0.2) is 39.4 Å². The van der Waals surface area contributed by atoms with Crippen LogP contribution >= 0.6 is 0 Å². The standard InChI is InChI=1S/C23H27N5O3/c1-3-16-12-23(30-10-11-31-23)13-17(16)22(29)27-26-20-14-24-21-18(25-20)8-9-28(21)19-7-5-4-6-15(19)2/h4-9,14,16-17H,3,10-13H2,1-2H3,(H,25,26)(H,27,29). The van der Waals surface area contributed by atoms with E-state index in [1.54, 1.807) is 6.20 Å². The molecule has 162 valence electrons. The number of fused-ring (bicyclic) bond motifs is 1. The van der Waals surface area contributed by atoms with E-state index in [9.17, 15) is 4.79 Å². The molecule has 2 aliphatic rings. The summed E-state index contributed by atoms with van der Waals surface area (Å²) in [5, 5.41) is 0. The number of ether oxygens (including phenoxy) is 2. The Morgan fingerprint density at radius 1 is 1.23 bits per heavy atom. The molecule has 1 aliphatic carbocycles. The van der Waals surface area contributed by atoms with E-state index in [-0.39, 0.29) is 17.7 Å². The fraction of sp³-hybridized carbons (Fsp3) is 0.435. The first-order valence-corrected chi connectivity index (χ1v) is 10.8. The molecule has 1 aromatic carbocycles. The number of aromatic nitrogens is 3. The zero-order chi connectivity index (χ0) is 21.4. The van der Waals surface area contributed by atoms with Crippen molar-refractivity contribution in [2.24, 2.45) is 11.8 Å². The molecule has 2 atom stereocenters. The van der Waals surface area contributed by atoms with Gasteiger partial charge in [-0.1, -0.05) is 31.5 Å². The van der Waals surface area contributed by atoms with Gasteiger partial charge in [0.25, 0.3) is 0 Å². The van der Waals surface area contributed by atoms with Gasteiger partial charge in [0.05, 0.1) is 19.4 Å². The van der Waals surface area contributed by atoms with Gasteiger partial charge in [-0.3, -0.25) is 20.2 Å². The first-order chi connectivity index (χ1) is 15.1. The summed E-state index contributed by atoms with van der Waals surface area (Å²) in [6, 6.07) is 10.1. The average Bonchev–Trinajstić information content (AvgIpc) is 3.51. The van der Waals surface area contributed by atoms with Crippen LogP contribution in [0.2, 0.25) is 0 Å². The normalized spacial score (nSPS) is 22.3. The Bertz CT molecular complexity index is 1110. The molecular formula is C23H27N5O3. The minimum Gasteiger partial charge on any atom is -0.347 e. The Morgan fingerprint density at radius 2 is 2.03 bits per heavy atom. The number of hydrogen-bond donors (Lipinski definition) is 2. The predicted octanol–water partition coefficient (Wildman–Crippen LogP) is 3.35. The molecule has 1 saturated heterocycles. The van der Waals surface area contributed by atoms with E-state index in [1.165, 1.54) is 0 Å². The van der Waals surface area contributed by atoms with Crippen LogP contribution in [0.25, 0.3) is 16.9 Å². The number of rotatable bonds is 5. The van der Waals surface area contributed by atoms with Crippen LogP contribution < -0.4 is 10.9 Å². The summed E-state index contributed by atoms with van der Waals surface area (Å²) in [6.07, 6.45) is 5.85. The van der Waals surface area contributed by atoms with Crippen molar-refractivity contribution in [2.75, 3.05) is 18.6 Å². The molecule has 3 aromatic rings. The number of nitrogens with zero attached hydrogens (tertiary/aromatic N) is 3. The Kier molecular flexibility index (Phi) is 5.11. The molecule has 1 amide bonds. The lowest BCUT2D eigenvalue weighted by atomic mass is 9.93. The minimum atomic E-state index is -0.583. The predicted molar refractivity (Wildman–Crippen MR) is 117 cm³/mol. The second-order valence-corrected chi connectivity index (χ2v) is 8.34. The molecule has 31 heavy (non-hydrogen) atoms. The van der Waals surface area contributed by atoms with E-state index >= 15 is 0 Å². The monoisotopic (exact) mass is 421 g/mol. The van der Waals surface area contributed by atoms with Gasteiger partial charge in [-0.2, -0.15) is 0 Å². The molecule has 0 bridgehead atoms. The number of anilines is 1. The first kappa shape index (κ1) is 20.0. The minimum absolute atomic E-state index is 0.0674. The average molecular weight is 422 g/mol. The molecule has 0 radical (unpaired) electrons. The number of carbonyl (C=O) groups excluding carboxylic acids is 1. The topological polar surface area (TPSA) is 90.3 Å². The van der Waals surface area contributed by atoms with Gasteiger partial charge in [0.2, 0.25) is 5.91 Å². The van der Waals surface area contributed by atoms with E-state index in [0.29, 0.717) is 25.5 Å². The largest absolute Gasteiger partial charge is 0.347 e. The zero-order valence-corrected chi connectivity index (χ0v) is 17.8. The van der Waals surface area contributed by atoms with E-state index in [1.807, 2.05) is 29.0 Å². The van der Waals surface area contributed by atoms with Gasteiger partial charge >= 0.3 is 0 Å². The zero-order valence-electron chi connectivity index (χ0n) is 17.8. The Hall–Kier alpha value is -2.97. The van der Waals surface area contributed by atoms with E-state index in [4.69, 9.17) is 9.47 Å². The third-order valence-corrected chi connectivity index (χ3v) is 6.43. The maximum absolute atomic E-state index is 12.9. The lowest BCUT2D eigenvalue weighted by molar-refractivity contribution is -0.156. The van der Waals surface area contributed by atoms with Gasteiger partial charge in [-0.05, 0) is 30.5 Å². The molecule has 2 fully saturated rings. The number of nitrogens with one attached hydrogen (secondary N) is 2. The maximum atomic E-state index is 12.9. The number of hydrogen-bond acceptors (Lipinski definition) is 6. The van der Waals surface area contributed by atoms with Crippen molar-refractivity contribution in [1.82, 2.24) is 20.0 Å². The van der Waals surface area contributed by atoms with Crippen molar-refractivity contribution >= 4 is 22.9 Å². The summed E-state index contributed by atoms with van der Waals surface area (Å²) in [7, 11) is 0. The highest BCUT2D eigenvalue weighted by Crippen LogP contribution is 2.46. The van der Waals surface area contributed by atoms with Gasteiger partial charge in [0.1, 0.15) is 5.52 Å². The summed E-state index contributed by atoms with van der Waals surface area (Å²) < 4.78 is 13.7. The molecule has 1 aliphatic heterocycles. The van der Waals surface area contributed by atoms with Gasteiger partial charge in [0, 0.05) is 30.6 Å². The molecule has 3 heterocycles. The van der Waals surface area contributed by atoms with E-state index in [2.05, 4.69) is 46.8 Å². The van der Waals surface area contributed by atoms with Crippen LogP contribution in [0.1, 0.15) is 31.7 Å². The number of hydrazine groups is 1. The van der Waals surface area contributed by atoms with Crippen LogP contribution in [0.4, 0.5) is 5.82 Å². The third kappa shape index (κ3) is 3.66. The summed E-state index contributed by atoms with van der Waals surface area (Å²) in [6.45, 7) is 5.37. The second kappa shape index (κ2) is 7.94. The molecule has 2 N–H and O–H groups in total.